The second kappa shape index (κ2) is 9.80. The summed E-state index contributed by atoms with van der Waals surface area (Å²) >= 11 is 0. The summed E-state index contributed by atoms with van der Waals surface area (Å²) in [6.07, 6.45) is 5.17. The Hall–Kier alpha value is -4.11. The van der Waals surface area contributed by atoms with Crippen molar-refractivity contribution in [1.82, 2.24) is 0 Å². The van der Waals surface area contributed by atoms with Crippen molar-refractivity contribution in [1.29, 1.82) is 0 Å². The second-order valence-electron chi connectivity index (χ2n) is 7.94. The lowest BCUT2D eigenvalue weighted by molar-refractivity contribution is 0.104. The van der Waals surface area contributed by atoms with Crippen LogP contribution in [-0.2, 0) is 12.8 Å². The summed E-state index contributed by atoms with van der Waals surface area (Å²) in [5.41, 5.74) is 19.5. The molecule has 4 aromatic carbocycles. The number of rotatable bonds is 7. The molecule has 0 aliphatic carbocycles. The van der Waals surface area contributed by atoms with E-state index in [0.717, 1.165) is 24.0 Å². The zero-order valence-corrected chi connectivity index (χ0v) is 17.9. The number of allylic oxidation sites excluding steroid dienone is 1. The zero-order chi connectivity index (χ0) is 22.3. The van der Waals surface area contributed by atoms with Gasteiger partial charge in [-0.2, -0.15) is 0 Å². The van der Waals surface area contributed by atoms with Gasteiger partial charge >= 0.3 is 0 Å². The van der Waals surface area contributed by atoms with E-state index in [1.54, 1.807) is 6.08 Å². The molecule has 4 aromatic rings. The van der Waals surface area contributed by atoms with Crippen molar-refractivity contribution in [3.05, 3.63) is 137 Å². The molecule has 0 amide bonds. The maximum Gasteiger partial charge on any atom is 0.185 e. The van der Waals surface area contributed by atoms with Crippen molar-refractivity contribution in [2.45, 2.75) is 12.8 Å². The van der Waals surface area contributed by atoms with E-state index in [2.05, 4.69) is 36.4 Å². The molecule has 0 aliphatic heterocycles. The first-order valence-electron chi connectivity index (χ1n) is 10.6. The third kappa shape index (κ3) is 5.52. The van der Waals surface area contributed by atoms with Gasteiger partial charge in [-0.25, -0.2) is 0 Å². The smallest absolute Gasteiger partial charge is 0.185 e. The lowest BCUT2D eigenvalue weighted by Gasteiger charge is -2.07. The molecular formula is C29H26N2O. The molecule has 0 aromatic heterocycles. The van der Waals surface area contributed by atoms with Crippen LogP contribution in [0.15, 0.2) is 103 Å². The van der Waals surface area contributed by atoms with Crippen LogP contribution in [0.1, 0.15) is 38.2 Å². The molecule has 0 heterocycles. The van der Waals surface area contributed by atoms with E-state index in [-0.39, 0.29) is 5.78 Å². The Morgan fingerprint density at radius 3 is 1.75 bits per heavy atom. The van der Waals surface area contributed by atoms with Crippen LogP contribution in [0.5, 0.6) is 0 Å². The lowest BCUT2D eigenvalue weighted by atomic mass is 9.99. The maximum atomic E-state index is 12.2. The number of nitrogens with two attached hydrogens (primary N) is 2. The first-order chi connectivity index (χ1) is 15.6. The van der Waals surface area contributed by atoms with Gasteiger partial charge in [-0.05, 0) is 58.9 Å². The summed E-state index contributed by atoms with van der Waals surface area (Å²) in [6, 6.07) is 32.1. The van der Waals surface area contributed by atoms with Gasteiger partial charge in [0.1, 0.15) is 0 Å². The van der Waals surface area contributed by atoms with Gasteiger partial charge in [0.15, 0.2) is 5.78 Å². The Labute approximate surface area is 189 Å². The van der Waals surface area contributed by atoms with Crippen LogP contribution in [0.3, 0.4) is 0 Å². The van der Waals surface area contributed by atoms with Crippen LogP contribution in [0, 0.1) is 0 Å². The number of nitrogen functional groups attached to an aromatic ring is 2. The van der Waals surface area contributed by atoms with Gasteiger partial charge in [0.25, 0.3) is 0 Å². The van der Waals surface area contributed by atoms with Crippen LogP contribution < -0.4 is 11.5 Å². The highest BCUT2D eigenvalue weighted by atomic mass is 16.1. The minimum Gasteiger partial charge on any atom is -0.397 e. The van der Waals surface area contributed by atoms with E-state index in [1.165, 1.54) is 16.7 Å². The van der Waals surface area contributed by atoms with Crippen molar-refractivity contribution in [3.63, 3.8) is 0 Å². The highest BCUT2D eigenvalue weighted by molar-refractivity contribution is 6.06. The van der Waals surface area contributed by atoms with Crippen LogP contribution in [0.2, 0.25) is 0 Å². The number of hydrogen-bond acceptors (Lipinski definition) is 3. The Morgan fingerprint density at radius 1 is 0.625 bits per heavy atom. The average Bonchev–Trinajstić information content (AvgIpc) is 2.82. The molecule has 4 rings (SSSR count). The van der Waals surface area contributed by atoms with E-state index in [4.69, 9.17) is 11.5 Å². The molecule has 4 N–H and O–H groups in total. The molecule has 32 heavy (non-hydrogen) atoms. The molecule has 0 radical (unpaired) electrons. The van der Waals surface area contributed by atoms with Crippen LogP contribution in [0.25, 0.3) is 6.08 Å². The Morgan fingerprint density at radius 2 is 1.16 bits per heavy atom. The monoisotopic (exact) mass is 418 g/mol. The summed E-state index contributed by atoms with van der Waals surface area (Å²) in [5.74, 6) is 0.0106. The fourth-order valence-corrected chi connectivity index (χ4v) is 3.60. The topological polar surface area (TPSA) is 69.1 Å². The van der Waals surface area contributed by atoms with Gasteiger partial charge in [-0.1, -0.05) is 91.0 Å². The summed E-state index contributed by atoms with van der Waals surface area (Å²) in [5, 5.41) is 0. The summed E-state index contributed by atoms with van der Waals surface area (Å²) in [7, 11) is 0. The van der Waals surface area contributed by atoms with Crippen LogP contribution in [-0.4, -0.2) is 5.78 Å². The average molecular weight is 419 g/mol. The zero-order valence-electron chi connectivity index (χ0n) is 17.9. The second-order valence-corrected chi connectivity index (χ2v) is 7.94. The van der Waals surface area contributed by atoms with Crippen molar-refractivity contribution in [2.75, 3.05) is 11.5 Å². The molecule has 158 valence electrons. The molecular weight excluding hydrogens is 392 g/mol. The fourth-order valence-electron chi connectivity index (χ4n) is 3.60. The fraction of sp³-hybridized carbons (Fsp3) is 0.0690. The Balaban J connectivity index is 1.35. The van der Waals surface area contributed by atoms with Gasteiger partial charge in [-0.15, -0.1) is 0 Å². The minimum atomic E-state index is 0.0106. The standard InChI is InChI=1S/C29H26N2O/c30-27-16-14-25(20-28(27)31)19-24-12-10-23(11-13-24)18-22-8-6-21(7-9-22)15-17-29(32)26-4-2-1-3-5-26/h1-17,20H,18-19,30-31H2/b17-15+. The Bertz CT molecular complexity index is 1220. The molecule has 3 nitrogen and oxygen atoms in total. The quantitative estimate of drug-likeness (QED) is 0.222. The Kier molecular flexibility index (Phi) is 6.47. The maximum absolute atomic E-state index is 12.2. The first-order valence-corrected chi connectivity index (χ1v) is 10.6. The van der Waals surface area contributed by atoms with Crippen molar-refractivity contribution in [3.8, 4) is 0 Å². The number of benzene rings is 4. The van der Waals surface area contributed by atoms with Crippen LogP contribution in [0.4, 0.5) is 11.4 Å². The molecule has 0 saturated heterocycles. The van der Waals surface area contributed by atoms with Gasteiger partial charge in [0, 0.05) is 5.56 Å². The number of ketones is 1. The van der Waals surface area contributed by atoms with E-state index < -0.39 is 0 Å². The predicted molar refractivity (Wildman–Crippen MR) is 134 cm³/mol. The molecule has 0 saturated carbocycles. The lowest BCUT2D eigenvalue weighted by Crippen LogP contribution is -1.97. The molecule has 0 unspecified atom stereocenters. The summed E-state index contributed by atoms with van der Waals surface area (Å²) in [6.45, 7) is 0. The highest BCUT2D eigenvalue weighted by Gasteiger charge is 2.02. The largest absolute Gasteiger partial charge is 0.397 e. The third-order valence-electron chi connectivity index (χ3n) is 5.46. The number of carbonyl (C=O) groups excluding carboxylic acids is 1. The predicted octanol–water partition coefficient (Wildman–Crippen LogP) is 5.93. The number of anilines is 2. The van der Waals surface area contributed by atoms with E-state index >= 15 is 0 Å². The molecule has 3 heteroatoms. The SMILES string of the molecule is Nc1ccc(Cc2ccc(Cc3ccc(/C=C/C(=O)c4ccccc4)cc3)cc2)cc1N. The summed E-state index contributed by atoms with van der Waals surface area (Å²) < 4.78 is 0. The van der Waals surface area contributed by atoms with Gasteiger partial charge < -0.3 is 11.5 Å². The molecule has 0 atom stereocenters. The normalized spacial score (nSPS) is 11.0. The van der Waals surface area contributed by atoms with Gasteiger partial charge in [0.2, 0.25) is 0 Å². The van der Waals surface area contributed by atoms with Crippen molar-refractivity contribution >= 4 is 23.2 Å². The molecule has 0 aliphatic rings. The van der Waals surface area contributed by atoms with Crippen molar-refractivity contribution < 1.29 is 4.79 Å². The molecule has 0 fully saturated rings. The highest BCUT2D eigenvalue weighted by Crippen LogP contribution is 2.19. The molecule has 0 bridgehead atoms. The summed E-state index contributed by atoms with van der Waals surface area (Å²) in [4.78, 5) is 12.2. The van der Waals surface area contributed by atoms with E-state index in [0.29, 0.717) is 16.9 Å². The number of carbonyl (C=O) groups is 1. The first kappa shape index (κ1) is 21.1. The van der Waals surface area contributed by atoms with Crippen molar-refractivity contribution in [2.24, 2.45) is 0 Å². The van der Waals surface area contributed by atoms with Crippen LogP contribution >= 0.6 is 0 Å². The van der Waals surface area contributed by atoms with Gasteiger partial charge in [0.05, 0.1) is 11.4 Å². The molecule has 0 spiro atoms. The number of hydrogen-bond donors (Lipinski definition) is 2. The van der Waals surface area contributed by atoms with E-state index in [1.807, 2.05) is 66.7 Å². The third-order valence-corrected chi connectivity index (χ3v) is 5.46. The van der Waals surface area contributed by atoms with Gasteiger partial charge in [-0.3, -0.25) is 4.79 Å². The minimum absolute atomic E-state index is 0.0106. The van der Waals surface area contributed by atoms with E-state index in [9.17, 15) is 4.79 Å².